The zero-order chi connectivity index (χ0) is 19.7. The molecule has 27 heavy (non-hydrogen) atoms. The van der Waals surface area contributed by atoms with E-state index in [-0.39, 0.29) is 0 Å². The molecule has 3 aromatic carbocycles. The lowest BCUT2D eigenvalue weighted by atomic mass is 9.91. The largest absolute Gasteiger partial charge is 0.428 e. The Kier molecular flexibility index (Phi) is 6.20. The van der Waals surface area contributed by atoms with Gasteiger partial charge in [-0.1, -0.05) is 12.1 Å². The lowest BCUT2D eigenvalue weighted by molar-refractivity contribution is 0.623. The first-order valence-electron chi connectivity index (χ1n) is 7.95. The molecule has 0 aromatic heterocycles. The molecule has 3 aromatic rings. The molecular weight excluding hydrogens is 420 g/mol. The van der Waals surface area contributed by atoms with Gasteiger partial charge in [-0.05, 0) is 55.5 Å². The summed E-state index contributed by atoms with van der Waals surface area (Å²) in [6.07, 6.45) is 0. The van der Waals surface area contributed by atoms with E-state index in [1.54, 1.807) is 0 Å². The molecule has 8 heteroatoms. The van der Waals surface area contributed by atoms with E-state index in [1.165, 1.54) is 0 Å². The molecule has 0 fully saturated rings. The second kappa shape index (κ2) is 8.26. The highest BCUT2D eigenvalue weighted by Crippen LogP contribution is 2.48. The molecule has 0 N–H and O–H groups in total. The molecule has 0 heterocycles. The van der Waals surface area contributed by atoms with E-state index >= 15 is 0 Å². The zero-order valence-electron chi connectivity index (χ0n) is 14.8. The van der Waals surface area contributed by atoms with E-state index in [0.717, 1.165) is 38.6 Å². The molecule has 0 radical (unpaired) electrons. The van der Waals surface area contributed by atoms with Crippen molar-refractivity contribution >= 4 is 62.4 Å². The van der Waals surface area contributed by atoms with Gasteiger partial charge in [-0.15, -0.1) is 0 Å². The van der Waals surface area contributed by atoms with Crippen LogP contribution < -0.4 is 16.7 Å². The van der Waals surface area contributed by atoms with Gasteiger partial charge in [0.15, 0.2) is 0 Å². The Bertz CT molecular complexity index is 1020. The molecule has 0 aliphatic carbocycles. The number of rotatable bonds is 5. The highest BCUT2D eigenvalue weighted by atomic mass is 32.1. The fraction of sp³-hybridized carbons (Fsp3) is 0.158. The summed E-state index contributed by atoms with van der Waals surface area (Å²) < 4.78 is 21.4. The second-order valence-electron chi connectivity index (χ2n) is 6.10. The lowest BCUT2D eigenvalue weighted by Gasteiger charge is -2.21. The minimum atomic E-state index is 0.560. The van der Waals surface area contributed by atoms with Crippen LogP contribution in [0.1, 0.15) is 16.7 Å². The molecule has 0 saturated carbocycles. The van der Waals surface area contributed by atoms with Crippen LogP contribution in [-0.2, 0) is 0 Å². The van der Waals surface area contributed by atoms with Crippen LogP contribution >= 0.6 is 51.6 Å². The van der Waals surface area contributed by atoms with Crippen molar-refractivity contribution in [2.45, 2.75) is 20.8 Å². The molecule has 142 valence electrons. The Labute approximate surface area is 180 Å². The molecule has 3 rings (SSSR count). The fourth-order valence-electron chi connectivity index (χ4n) is 3.29. The van der Waals surface area contributed by atoms with Gasteiger partial charge >= 0.3 is 0 Å². The first kappa shape index (κ1) is 20.3. The molecule has 0 aliphatic heterocycles. The highest BCUT2D eigenvalue weighted by Gasteiger charge is 2.24. The normalized spacial score (nSPS) is 10.8. The van der Waals surface area contributed by atoms with Crippen molar-refractivity contribution in [3.63, 3.8) is 0 Å². The first-order chi connectivity index (χ1) is 13.0. The average Bonchev–Trinajstić information content (AvgIpc) is 2.69. The van der Waals surface area contributed by atoms with Gasteiger partial charge in [0.1, 0.15) is 23.0 Å². The van der Waals surface area contributed by atoms with Gasteiger partial charge in [0.25, 0.3) is 0 Å². The molecule has 0 amide bonds. The summed E-state index contributed by atoms with van der Waals surface area (Å²) in [5.74, 6) is 2.45. The Morgan fingerprint density at radius 3 is 1.89 bits per heavy atom. The SMILES string of the molecule is Cc1c(C)c(OS)c(-c2cc3c(OS)cccc3cc2OS)c(C)c1OS. The summed E-state index contributed by atoms with van der Waals surface area (Å²) in [6, 6.07) is 9.50. The van der Waals surface area contributed by atoms with Crippen LogP contribution in [0.15, 0.2) is 30.3 Å². The van der Waals surface area contributed by atoms with Crippen LogP contribution in [0.4, 0.5) is 0 Å². The van der Waals surface area contributed by atoms with Crippen LogP contribution in [-0.4, -0.2) is 0 Å². The number of thiol groups is 4. The molecule has 0 atom stereocenters. The van der Waals surface area contributed by atoms with Crippen LogP contribution in [0.5, 0.6) is 23.0 Å². The molecule has 0 bridgehead atoms. The first-order valence-corrected chi connectivity index (χ1v) is 9.41. The number of benzene rings is 3. The summed E-state index contributed by atoms with van der Waals surface area (Å²) in [5.41, 5.74) is 4.18. The predicted molar refractivity (Wildman–Crippen MR) is 122 cm³/mol. The van der Waals surface area contributed by atoms with E-state index in [9.17, 15) is 0 Å². The van der Waals surface area contributed by atoms with Crippen molar-refractivity contribution in [1.29, 1.82) is 0 Å². The average molecular weight is 439 g/mol. The van der Waals surface area contributed by atoms with Crippen LogP contribution in [0.25, 0.3) is 21.9 Å². The van der Waals surface area contributed by atoms with Gasteiger partial charge in [-0.2, -0.15) is 0 Å². The van der Waals surface area contributed by atoms with Crippen molar-refractivity contribution in [2.75, 3.05) is 0 Å². The zero-order valence-corrected chi connectivity index (χ0v) is 18.4. The monoisotopic (exact) mass is 438 g/mol. The Hall–Kier alpha value is -1.48. The number of hydrogen-bond donors (Lipinski definition) is 4. The fourth-order valence-corrected chi connectivity index (χ4v) is 4.11. The maximum atomic E-state index is 5.45. The molecule has 0 spiro atoms. The van der Waals surface area contributed by atoms with E-state index in [2.05, 4.69) is 51.6 Å². The summed E-state index contributed by atoms with van der Waals surface area (Å²) >= 11 is 16.1. The van der Waals surface area contributed by atoms with Crippen molar-refractivity contribution in [2.24, 2.45) is 0 Å². The quantitative estimate of drug-likeness (QED) is 0.277. The smallest absolute Gasteiger partial charge is 0.148 e. The number of fused-ring (bicyclic) bond motifs is 1. The van der Waals surface area contributed by atoms with Crippen molar-refractivity contribution in [1.82, 2.24) is 0 Å². The molecule has 0 unspecified atom stereocenters. The van der Waals surface area contributed by atoms with E-state index in [4.69, 9.17) is 16.7 Å². The summed E-state index contributed by atoms with van der Waals surface area (Å²) in [7, 11) is 0. The summed E-state index contributed by atoms with van der Waals surface area (Å²) in [6.45, 7) is 5.80. The minimum Gasteiger partial charge on any atom is -0.428 e. The third kappa shape index (κ3) is 3.40. The Morgan fingerprint density at radius 2 is 1.30 bits per heavy atom. The van der Waals surface area contributed by atoms with E-state index in [1.807, 2.05) is 51.1 Å². The molecule has 0 saturated heterocycles. The van der Waals surface area contributed by atoms with Crippen LogP contribution in [0.2, 0.25) is 0 Å². The van der Waals surface area contributed by atoms with Crippen LogP contribution in [0.3, 0.4) is 0 Å². The van der Waals surface area contributed by atoms with Gasteiger partial charge in [-0.3, -0.25) is 0 Å². The number of hydrogen-bond acceptors (Lipinski definition) is 8. The van der Waals surface area contributed by atoms with E-state index in [0.29, 0.717) is 23.0 Å². The molecular formula is C19H18O4S4. The standard InChI is InChI=1S/C19H18O4S4/c1-9-10(2)19(23-27)17(11(3)18(9)22-26)14-8-13-12(7-16(14)21-25)5-4-6-15(13)20-24/h4-8,24-27H,1-3H3. The Morgan fingerprint density at radius 1 is 0.667 bits per heavy atom. The van der Waals surface area contributed by atoms with Gasteiger partial charge in [-0.25, -0.2) is 0 Å². The van der Waals surface area contributed by atoms with Gasteiger partial charge in [0.05, 0.1) is 0 Å². The van der Waals surface area contributed by atoms with Crippen molar-refractivity contribution in [3.8, 4) is 34.1 Å². The van der Waals surface area contributed by atoms with Crippen molar-refractivity contribution < 1.29 is 16.7 Å². The maximum Gasteiger partial charge on any atom is 0.148 e. The van der Waals surface area contributed by atoms with Gasteiger partial charge < -0.3 is 16.7 Å². The predicted octanol–water partition coefficient (Wildman–Crippen LogP) is 6.33. The van der Waals surface area contributed by atoms with E-state index < -0.39 is 0 Å². The molecule has 4 nitrogen and oxygen atoms in total. The highest BCUT2D eigenvalue weighted by molar-refractivity contribution is 7.75. The summed E-state index contributed by atoms with van der Waals surface area (Å²) in [5, 5.41) is 1.79. The lowest BCUT2D eigenvalue weighted by Crippen LogP contribution is -1.99. The van der Waals surface area contributed by atoms with Crippen molar-refractivity contribution in [3.05, 3.63) is 47.0 Å². The third-order valence-electron chi connectivity index (χ3n) is 4.78. The second-order valence-corrected chi connectivity index (χ2v) is 6.83. The van der Waals surface area contributed by atoms with Crippen LogP contribution in [0, 0.1) is 20.8 Å². The maximum absolute atomic E-state index is 5.45. The third-order valence-corrected chi connectivity index (χ3v) is 5.53. The minimum absolute atomic E-state index is 0.560. The van der Waals surface area contributed by atoms with Gasteiger partial charge in [0.2, 0.25) is 0 Å². The molecule has 0 aliphatic rings. The Balaban J connectivity index is 2.46. The van der Waals surface area contributed by atoms with Gasteiger partial charge in [0, 0.05) is 73.7 Å². The summed E-state index contributed by atoms with van der Waals surface area (Å²) in [4.78, 5) is 0. The topological polar surface area (TPSA) is 36.9 Å².